The predicted molar refractivity (Wildman–Crippen MR) is 191 cm³/mol. The highest BCUT2D eigenvalue weighted by Gasteiger charge is 2.22. The Labute approximate surface area is 265 Å². The Balaban J connectivity index is 1.41. The Bertz CT molecular complexity index is 1530. The summed E-state index contributed by atoms with van der Waals surface area (Å²) in [4.78, 5) is 2.16. The van der Waals surface area contributed by atoms with E-state index in [2.05, 4.69) is 179 Å². The minimum atomic E-state index is 0.137. The molecule has 0 fully saturated rings. The molecular formula is C41H47N3. The summed E-state index contributed by atoms with van der Waals surface area (Å²) in [6.45, 7) is 9.01. The Hall–Kier alpha value is -4.50. The van der Waals surface area contributed by atoms with Crippen molar-refractivity contribution in [3.8, 4) is 0 Å². The molecule has 2 N–H and O–H groups in total. The number of hydrogen-bond donors (Lipinski definition) is 2. The van der Waals surface area contributed by atoms with Gasteiger partial charge in [-0.15, -0.1) is 0 Å². The lowest BCUT2D eigenvalue weighted by Gasteiger charge is -2.25. The molecular weight excluding hydrogens is 534 g/mol. The van der Waals surface area contributed by atoms with Crippen LogP contribution in [0, 0.1) is 13.8 Å². The maximum absolute atomic E-state index is 3.74. The molecule has 44 heavy (non-hydrogen) atoms. The molecule has 0 aliphatic carbocycles. The Morgan fingerprint density at radius 3 is 1.36 bits per heavy atom. The summed E-state index contributed by atoms with van der Waals surface area (Å²) in [6.07, 6.45) is 1.98. The third-order valence-electron chi connectivity index (χ3n) is 8.50. The van der Waals surface area contributed by atoms with Gasteiger partial charge in [-0.25, -0.2) is 0 Å². The predicted octanol–water partition coefficient (Wildman–Crippen LogP) is 9.64. The van der Waals surface area contributed by atoms with Gasteiger partial charge in [0.05, 0.1) is 0 Å². The molecule has 2 atom stereocenters. The summed E-state index contributed by atoms with van der Waals surface area (Å²) in [6, 6.07) is 44.9. The zero-order valence-corrected chi connectivity index (χ0v) is 27.1. The first-order valence-electron chi connectivity index (χ1n) is 15.9. The van der Waals surface area contributed by atoms with Crippen LogP contribution in [0.3, 0.4) is 0 Å². The summed E-state index contributed by atoms with van der Waals surface area (Å²) in [5.41, 5.74) is 12.8. The van der Waals surface area contributed by atoms with Crippen LogP contribution in [0.4, 0.5) is 17.1 Å². The summed E-state index contributed by atoms with van der Waals surface area (Å²) in [7, 11) is 4.19. The first-order valence-corrected chi connectivity index (χ1v) is 15.9. The molecule has 0 radical (unpaired) electrons. The molecule has 226 valence electrons. The molecule has 0 spiro atoms. The van der Waals surface area contributed by atoms with Crippen molar-refractivity contribution in [1.29, 1.82) is 0 Å². The SMILES string of the molecule is Cc1cc(NC(C)Cc2ccccc2)ccc1C(c1ccc(N(C)C)cc1)c1ccc(NC(C)Cc2ccccc2)cc1C. The van der Waals surface area contributed by atoms with Crippen LogP contribution < -0.4 is 15.5 Å². The largest absolute Gasteiger partial charge is 0.382 e. The number of aryl methyl sites for hydroxylation is 2. The summed E-state index contributed by atoms with van der Waals surface area (Å²) in [5, 5.41) is 7.47. The van der Waals surface area contributed by atoms with E-state index in [-0.39, 0.29) is 5.92 Å². The standard InChI is InChI=1S/C41H47N3/c1-29-25-36(42-31(3)27-33-13-9-7-10-14-33)19-23-39(29)41(35-17-21-38(22-18-35)44(5)6)40-24-20-37(26-30(40)2)43-32(4)28-34-15-11-8-12-16-34/h7-26,31-32,41-43H,27-28H2,1-6H3. The van der Waals surface area contributed by atoms with Crippen molar-refractivity contribution in [3.05, 3.63) is 160 Å². The topological polar surface area (TPSA) is 27.3 Å². The van der Waals surface area contributed by atoms with Crippen LogP contribution in [0.5, 0.6) is 0 Å². The molecule has 5 aromatic carbocycles. The van der Waals surface area contributed by atoms with Crippen molar-refractivity contribution in [2.45, 2.75) is 58.5 Å². The van der Waals surface area contributed by atoms with E-state index >= 15 is 0 Å². The van der Waals surface area contributed by atoms with Crippen LogP contribution in [0.1, 0.15) is 58.7 Å². The highest BCUT2D eigenvalue weighted by Crippen LogP contribution is 2.38. The first kappa shape index (κ1) is 30.9. The molecule has 0 bridgehead atoms. The van der Waals surface area contributed by atoms with E-state index in [4.69, 9.17) is 0 Å². The number of anilines is 3. The highest BCUT2D eigenvalue weighted by atomic mass is 15.1. The van der Waals surface area contributed by atoms with Crippen molar-refractivity contribution in [1.82, 2.24) is 0 Å². The van der Waals surface area contributed by atoms with Gasteiger partial charge in [0.25, 0.3) is 0 Å². The molecule has 0 aromatic heterocycles. The fraction of sp³-hybridized carbons (Fsp3) is 0.268. The number of rotatable bonds is 12. The van der Waals surface area contributed by atoms with Gasteiger partial charge >= 0.3 is 0 Å². The van der Waals surface area contributed by atoms with Gasteiger partial charge in [0, 0.05) is 49.2 Å². The third kappa shape index (κ3) is 7.90. The van der Waals surface area contributed by atoms with E-state index in [0.29, 0.717) is 12.1 Å². The smallest absolute Gasteiger partial charge is 0.0361 e. The van der Waals surface area contributed by atoms with Gasteiger partial charge in [0.1, 0.15) is 0 Å². The second-order valence-corrected chi connectivity index (χ2v) is 12.5. The molecule has 5 aromatic rings. The average Bonchev–Trinajstić information content (AvgIpc) is 3.00. The van der Waals surface area contributed by atoms with Gasteiger partial charge in [-0.05, 0) is 116 Å². The molecule has 0 aliphatic heterocycles. The monoisotopic (exact) mass is 581 g/mol. The van der Waals surface area contributed by atoms with Gasteiger partial charge in [0.2, 0.25) is 0 Å². The summed E-state index contributed by atoms with van der Waals surface area (Å²) >= 11 is 0. The molecule has 0 saturated heterocycles. The zero-order valence-electron chi connectivity index (χ0n) is 27.1. The Kier molecular flexibility index (Phi) is 10.1. The van der Waals surface area contributed by atoms with Crippen molar-refractivity contribution in [3.63, 3.8) is 0 Å². The van der Waals surface area contributed by atoms with Crippen LogP contribution in [0.25, 0.3) is 0 Å². The van der Waals surface area contributed by atoms with E-state index in [1.807, 2.05) is 0 Å². The van der Waals surface area contributed by atoms with Gasteiger partial charge in [0.15, 0.2) is 0 Å². The number of hydrogen-bond acceptors (Lipinski definition) is 3. The maximum Gasteiger partial charge on any atom is 0.0361 e. The lowest BCUT2D eigenvalue weighted by molar-refractivity contribution is 0.789. The lowest BCUT2D eigenvalue weighted by Crippen LogP contribution is -2.18. The molecule has 0 heterocycles. The van der Waals surface area contributed by atoms with Gasteiger partial charge < -0.3 is 15.5 Å². The number of nitrogens with zero attached hydrogens (tertiary/aromatic N) is 1. The van der Waals surface area contributed by atoms with Crippen LogP contribution in [0.15, 0.2) is 121 Å². The van der Waals surface area contributed by atoms with Crippen LogP contribution in [-0.2, 0) is 12.8 Å². The van der Waals surface area contributed by atoms with E-state index in [1.54, 1.807) is 0 Å². The molecule has 0 aliphatic rings. The zero-order chi connectivity index (χ0) is 31.1. The summed E-state index contributed by atoms with van der Waals surface area (Å²) < 4.78 is 0. The summed E-state index contributed by atoms with van der Waals surface area (Å²) in [5.74, 6) is 0.137. The van der Waals surface area contributed by atoms with Crippen LogP contribution >= 0.6 is 0 Å². The average molecular weight is 582 g/mol. The fourth-order valence-electron chi connectivity index (χ4n) is 6.28. The van der Waals surface area contributed by atoms with Crippen molar-refractivity contribution in [2.24, 2.45) is 0 Å². The molecule has 3 heteroatoms. The molecule has 5 rings (SSSR count). The highest BCUT2D eigenvalue weighted by molar-refractivity contribution is 5.59. The molecule has 3 nitrogen and oxygen atoms in total. The van der Waals surface area contributed by atoms with Crippen LogP contribution in [-0.4, -0.2) is 26.2 Å². The Morgan fingerprint density at radius 1 is 0.545 bits per heavy atom. The van der Waals surface area contributed by atoms with Gasteiger partial charge in [-0.3, -0.25) is 0 Å². The van der Waals surface area contributed by atoms with Crippen molar-refractivity contribution in [2.75, 3.05) is 29.6 Å². The second-order valence-electron chi connectivity index (χ2n) is 12.5. The van der Waals surface area contributed by atoms with E-state index < -0.39 is 0 Å². The number of nitrogens with one attached hydrogen (secondary N) is 2. The van der Waals surface area contributed by atoms with E-state index in [9.17, 15) is 0 Å². The van der Waals surface area contributed by atoms with Gasteiger partial charge in [-0.2, -0.15) is 0 Å². The normalized spacial score (nSPS) is 13.1. The van der Waals surface area contributed by atoms with E-state index in [1.165, 1.54) is 56.0 Å². The van der Waals surface area contributed by atoms with Crippen LogP contribution in [0.2, 0.25) is 0 Å². The van der Waals surface area contributed by atoms with Crippen molar-refractivity contribution < 1.29 is 0 Å². The Morgan fingerprint density at radius 2 is 0.977 bits per heavy atom. The number of benzene rings is 5. The minimum Gasteiger partial charge on any atom is -0.382 e. The fourth-order valence-corrected chi connectivity index (χ4v) is 6.28. The first-order chi connectivity index (χ1) is 21.3. The lowest BCUT2D eigenvalue weighted by atomic mass is 9.81. The second kappa shape index (κ2) is 14.3. The third-order valence-corrected chi connectivity index (χ3v) is 8.50. The quantitative estimate of drug-likeness (QED) is 0.144. The maximum atomic E-state index is 3.74. The molecule has 0 saturated carbocycles. The molecule has 2 unspecified atom stereocenters. The molecule has 0 amide bonds. The van der Waals surface area contributed by atoms with Gasteiger partial charge in [-0.1, -0.05) is 84.9 Å². The van der Waals surface area contributed by atoms with E-state index in [0.717, 1.165) is 12.8 Å². The van der Waals surface area contributed by atoms with Crippen molar-refractivity contribution >= 4 is 17.1 Å². The minimum absolute atomic E-state index is 0.137.